The lowest BCUT2D eigenvalue weighted by molar-refractivity contribution is -0.123. The van der Waals surface area contributed by atoms with Crippen molar-refractivity contribution in [3.8, 4) is 23.0 Å². The molecule has 0 saturated heterocycles. The highest BCUT2D eigenvalue weighted by atomic mass is 16.5. The predicted octanol–water partition coefficient (Wildman–Crippen LogP) is 1.97. The monoisotopic (exact) mass is 442 g/mol. The molecule has 0 radical (unpaired) electrons. The molecule has 0 aliphatic carbocycles. The Kier molecular flexibility index (Phi) is 6.83. The van der Waals surface area contributed by atoms with Crippen molar-refractivity contribution in [3.63, 3.8) is 0 Å². The molecule has 32 heavy (non-hydrogen) atoms. The third-order valence-electron chi connectivity index (χ3n) is 4.54. The average molecular weight is 442 g/mol. The molecule has 0 spiro atoms. The third kappa shape index (κ3) is 4.91. The Morgan fingerprint density at radius 2 is 1.62 bits per heavy atom. The van der Waals surface area contributed by atoms with Gasteiger partial charge >= 0.3 is 5.63 Å². The zero-order valence-corrected chi connectivity index (χ0v) is 17.9. The number of rotatable bonds is 7. The lowest BCUT2D eigenvalue weighted by Crippen LogP contribution is -2.43. The first-order chi connectivity index (χ1) is 15.4. The van der Waals surface area contributed by atoms with E-state index in [9.17, 15) is 14.4 Å². The first kappa shape index (κ1) is 22.5. The Hall–Kier alpha value is -4.21. The van der Waals surface area contributed by atoms with Crippen molar-refractivity contribution in [2.24, 2.45) is 0 Å². The minimum absolute atomic E-state index is 0.181. The van der Waals surface area contributed by atoms with Crippen LogP contribution in [0.2, 0.25) is 0 Å². The summed E-state index contributed by atoms with van der Waals surface area (Å²) in [6.07, 6.45) is 0. The molecule has 168 valence electrons. The van der Waals surface area contributed by atoms with Crippen LogP contribution in [0.1, 0.15) is 15.9 Å². The van der Waals surface area contributed by atoms with E-state index >= 15 is 0 Å². The number of aryl methyl sites for hydroxylation is 1. The van der Waals surface area contributed by atoms with Crippen LogP contribution in [0.25, 0.3) is 11.0 Å². The summed E-state index contributed by atoms with van der Waals surface area (Å²) in [7, 11) is 4.31. The molecule has 0 bridgehead atoms. The largest absolute Gasteiger partial charge is 0.493 e. The van der Waals surface area contributed by atoms with E-state index in [1.807, 2.05) is 0 Å². The number of hydrogen-bond donors (Lipinski definition) is 2. The minimum Gasteiger partial charge on any atom is -0.493 e. The van der Waals surface area contributed by atoms with Gasteiger partial charge in [-0.25, -0.2) is 4.79 Å². The van der Waals surface area contributed by atoms with Gasteiger partial charge in [0.05, 0.1) is 21.3 Å². The van der Waals surface area contributed by atoms with Gasteiger partial charge in [0.1, 0.15) is 11.3 Å². The number of methoxy groups -OCH3 is 3. The van der Waals surface area contributed by atoms with Gasteiger partial charge < -0.3 is 23.4 Å². The predicted molar refractivity (Wildman–Crippen MR) is 114 cm³/mol. The van der Waals surface area contributed by atoms with Crippen LogP contribution >= 0.6 is 0 Å². The van der Waals surface area contributed by atoms with Crippen LogP contribution in [0.5, 0.6) is 23.0 Å². The molecule has 0 aliphatic rings. The van der Waals surface area contributed by atoms with E-state index in [1.54, 1.807) is 19.1 Å². The average Bonchev–Trinajstić information content (AvgIpc) is 2.79. The molecule has 1 aromatic heterocycles. The van der Waals surface area contributed by atoms with Gasteiger partial charge in [-0.2, -0.15) is 0 Å². The van der Waals surface area contributed by atoms with E-state index in [0.29, 0.717) is 28.6 Å². The lowest BCUT2D eigenvalue weighted by Gasteiger charge is -2.14. The summed E-state index contributed by atoms with van der Waals surface area (Å²) in [6, 6.07) is 9.19. The van der Waals surface area contributed by atoms with Gasteiger partial charge in [-0.3, -0.25) is 20.4 Å². The van der Waals surface area contributed by atoms with Crippen molar-refractivity contribution in [2.75, 3.05) is 27.9 Å². The Balaban J connectivity index is 1.61. The molecule has 3 aromatic rings. The number of fused-ring (bicyclic) bond motifs is 1. The fourth-order valence-electron chi connectivity index (χ4n) is 2.99. The number of benzene rings is 2. The Morgan fingerprint density at radius 1 is 0.938 bits per heavy atom. The Labute approximate surface area is 183 Å². The van der Waals surface area contributed by atoms with Gasteiger partial charge in [0.2, 0.25) is 5.75 Å². The number of hydrogen-bond acceptors (Lipinski definition) is 8. The third-order valence-corrected chi connectivity index (χ3v) is 4.54. The summed E-state index contributed by atoms with van der Waals surface area (Å²) in [6.45, 7) is 1.42. The van der Waals surface area contributed by atoms with Crippen LogP contribution in [-0.2, 0) is 4.79 Å². The van der Waals surface area contributed by atoms with E-state index in [4.69, 9.17) is 23.4 Å². The Bertz CT molecular complexity index is 1190. The summed E-state index contributed by atoms with van der Waals surface area (Å²) in [4.78, 5) is 36.0. The summed E-state index contributed by atoms with van der Waals surface area (Å²) >= 11 is 0. The molecule has 2 N–H and O–H groups in total. The molecular formula is C22H22N2O8. The molecule has 10 heteroatoms. The second-order valence-electron chi connectivity index (χ2n) is 6.61. The van der Waals surface area contributed by atoms with E-state index < -0.39 is 17.4 Å². The van der Waals surface area contributed by atoms with Crippen LogP contribution in [0.15, 0.2) is 45.6 Å². The quantitative estimate of drug-likeness (QED) is 0.420. The highest BCUT2D eigenvalue weighted by Gasteiger charge is 2.17. The van der Waals surface area contributed by atoms with Crippen molar-refractivity contribution in [2.45, 2.75) is 6.92 Å². The van der Waals surface area contributed by atoms with E-state index in [-0.39, 0.29) is 12.2 Å². The Morgan fingerprint density at radius 3 is 2.25 bits per heavy atom. The second kappa shape index (κ2) is 9.73. The fourth-order valence-corrected chi connectivity index (χ4v) is 2.99. The fraction of sp³-hybridized carbons (Fsp3) is 0.227. The maximum Gasteiger partial charge on any atom is 0.336 e. The molecule has 1 heterocycles. The second-order valence-corrected chi connectivity index (χ2v) is 6.61. The van der Waals surface area contributed by atoms with Crippen molar-refractivity contribution < 1.29 is 33.0 Å². The number of ether oxygens (including phenoxy) is 4. The van der Waals surface area contributed by atoms with Gasteiger partial charge in [0.25, 0.3) is 11.8 Å². The van der Waals surface area contributed by atoms with Gasteiger partial charge in [-0.1, -0.05) is 0 Å². The molecule has 0 saturated carbocycles. The van der Waals surface area contributed by atoms with Crippen molar-refractivity contribution in [1.82, 2.24) is 10.9 Å². The summed E-state index contributed by atoms with van der Waals surface area (Å²) < 4.78 is 26.2. The topological polar surface area (TPSA) is 125 Å². The molecule has 0 aliphatic heterocycles. The molecule has 3 rings (SSSR count). The number of hydrazine groups is 1. The van der Waals surface area contributed by atoms with Gasteiger partial charge in [-0.05, 0) is 36.8 Å². The van der Waals surface area contributed by atoms with E-state index in [1.165, 1.54) is 45.6 Å². The van der Waals surface area contributed by atoms with Crippen LogP contribution < -0.4 is 35.4 Å². The standard InChI is InChI=1S/C22H22N2O8/c1-12-7-20(26)32-16-10-14(5-6-15(12)16)31-11-19(25)23-24-22(27)13-8-17(28-2)21(30-4)18(9-13)29-3/h5-10H,11H2,1-4H3,(H,23,25)(H,24,27). The maximum atomic E-state index is 12.4. The molecular weight excluding hydrogens is 420 g/mol. The van der Waals surface area contributed by atoms with Gasteiger partial charge in [-0.15, -0.1) is 0 Å². The highest BCUT2D eigenvalue weighted by Crippen LogP contribution is 2.38. The normalized spacial score (nSPS) is 10.4. The van der Waals surface area contributed by atoms with Crippen LogP contribution in [0.4, 0.5) is 0 Å². The summed E-state index contributed by atoms with van der Waals surface area (Å²) in [5.41, 5.74) is 5.38. The van der Waals surface area contributed by atoms with Crippen molar-refractivity contribution in [1.29, 1.82) is 0 Å². The maximum absolute atomic E-state index is 12.4. The van der Waals surface area contributed by atoms with Crippen molar-refractivity contribution >= 4 is 22.8 Å². The molecule has 10 nitrogen and oxygen atoms in total. The molecule has 0 unspecified atom stereocenters. The minimum atomic E-state index is -0.600. The zero-order valence-electron chi connectivity index (χ0n) is 17.9. The zero-order chi connectivity index (χ0) is 23.3. The van der Waals surface area contributed by atoms with Gasteiger partial charge in [0, 0.05) is 23.1 Å². The highest BCUT2D eigenvalue weighted by molar-refractivity contribution is 5.96. The first-order valence-electron chi connectivity index (χ1n) is 9.42. The first-order valence-corrected chi connectivity index (χ1v) is 9.42. The van der Waals surface area contributed by atoms with Crippen LogP contribution in [-0.4, -0.2) is 39.8 Å². The van der Waals surface area contributed by atoms with Crippen LogP contribution in [0, 0.1) is 6.92 Å². The number of carbonyl (C=O) groups is 2. The smallest absolute Gasteiger partial charge is 0.336 e. The van der Waals surface area contributed by atoms with Crippen LogP contribution in [0.3, 0.4) is 0 Å². The SMILES string of the molecule is COc1cc(C(=O)NNC(=O)COc2ccc3c(C)cc(=O)oc3c2)cc(OC)c1OC. The summed E-state index contributed by atoms with van der Waals surface area (Å²) in [5.74, 6) is 0.0644. The molecule has 2 amide bonds. The molecule has 0 fully saturated rings. The number of carbonyl (C=O) groups excluding carboxylic acids is 2. The number of nitrogens with one attached hydrogen (secondary N) is 2. The summed E-state index contributed by atoms with van der Waals surface area (Å²) in [5, 5.41) is 0.763. The lowest BCUT2D eigenvalue weighted by atomic mass is 10.1. The molecule has 0 atom stereocenters. The van der Waals surface area contributed by atoms with E-state index in [2.05, 4.69) is 10.9 Å². The van der Waals surface area contributed by atoms with Gasteiger partial charge in [0.15, 0.2) is 18.1 Å². The number of amides is 2. The van der Waals surface area contributed by atoms with E-state index in [0.717, 1.165) is 10.9 Å². The van der Waals surface area contributed by atoms with Crippen molar-refractivity contribution in [3.05, 3.63) is 57.9 Å². The molecule has 2 aromatic carbocycles.